The molecule has 0 aliphatic heterocycles. The van der Waals surface area contributed by atoms with Gasteiger partial charge in [-0.25, -0.2) is 8.42 Å². The van der Waals surface area contributed by atoms with Crippen LogP contribution in [-0.4, -0.2) is 15.0 Å². The quantitative estimate of drug-likeness (QED) is 0.708. The van der Waals surface area contributed by atoms with E-state index in [1.807, 2.05) is 0 Å². The summed E-state index contributed by atoms with van der Waals surface area (Å²) < 4.78 is 65.2. The molecule has 0 atom stereocenters. The predicted octanol–water partition coefficient (Wildman–Crippen LogP) is 5.23. The first-order valence-corrected chi connectivity index (χ1v) is 8.92. The van der Waals surface area contributed by atoms with Crippen molar-refractivity contribution in [2.24, 2.45) is 0 Å². The Morgan fingerprint density at radius 2 is 1.62 bits per heavy atom. The van der Waals surface area contributed by atoms with Crippen molar-refractivity contribution in [1.82, 2.24) is 0 Å². The van der Waals surface area contributed by atoms with Gasteiger partial charge in [-0.3, -0.25) is 4.31 Å². The maximum Gasteiger partial charge on any atom is 0.417 e. The Bertz CT molecular complexity index is 837. The van der Waals surface area contributed by atoms with Crippen LogP contribution in [0, 0.1) is 0 Å². The fraction of sp³-hybridized carbons (Fsp3) is 0.200. The summed E-state index contributed by atoms with van der Waals surface area (Å²) in [5, 5.41) is -0.144. The minimum Gasteiger partial charge on any atom is -0.267 e. The molecule has 0 aliphatic rings. The lowest BCUT2D eigenvalue weighted by Gasteiger charge is -2.24. The van der Waals surface area contributed by atoms with Gasteiger partial charge in [0.25, 0.3) is 10.0 Å². The molecule has 130 valence electrons. The molecule has 0 aromatic heterocycles. The highest BCUT2D eigenvalue weighted by atomic mass is 35.5. The van der Waals surface area contributed by atoms with Crippen molar-refractivity contribution < 1.29 is 21.6 Å². The molecule has 9 heteroatoms. The van der Waals surface area contributed by atoms with Crippen molar-refractivity contribution in [2.45, 2.75) is 18.0 Å². The van der Waals surface area contributed by atoms with Gasteiger partial charge in [-0.1, -0.05) is 23.2 Å². The molecule has 0 amide bonds. The smallest absolute Gasteiger partial charge is 0.267 e. The maximum absolute atomic E-state index is 13.0. The third kappa shape index (κ3) is 3.79. The zero-order chi connectivity index (χ0) is 18.1. The first-order valence-electron chi connectivity index (χ1n) is 6.72. The second kappa shape index (κ2) is 6.82. The number of nitrogens with zero attached hydrogens (tertiary/aromatic N) is 1. The fourth-order valence-corrected chi connectivity index (χ4v) is 3.93. The molecule has 0 radical (unpaired) electrons. The third-order valence-electron chi connectivity index (χ3n) is 3.23. The van der Waals surface area contributed by atoms with Crippen LogP contribution in [0.2, 0.25) is 10.0 Å². The molecule has 0 fully saturated rings. The Morgan fingerprint density at radius 3 is 2.12 bits per heavy atom. The van der Waals surface area contributed by atoms with E-state index in [0.717, 1.165) is 16.4 Å². The summed E-state index contributed by atoms with van der Waals surface area (Å²) in [6.45, 7) is 1.47. The highest BCUT2D eigenvalue weighted by Gasteiger charge is 2.34. The molecular weight excluding hydrogens is 386 g/mol. The summed E-state index contributed by atoms with van der Waals surface area (Å²) in [6.07, 6.45) is -4.68. The Morgan fingerprint density at radius 1 is 1.04 bits per heavy atom. The number of rotatable bonds is 4. The molecule has 0 bridgehead atoms. The van der Waals surface area contributed by atoms with Gasteiger partial charge in [0.05, 0.1) is 21.2 Å². The Kier molecular flexibility index (Phi) is 5.37. The SMILES string of the molecule is CCN(c1ccc(Cl)c(C(F)(F)F)c1)S(=O)(=O)c1ccc(Cl)cc1. The summed E-state index contributed by atoms with van der Waals surface area (Å²) in [5.41, 5.74) is -1.21. The lowest BCUT2D eigenvalue weighted by atomic mass is 10.2. The van der Waals surface area contributed by atoms with Crippen molar-refractivity contribution in [2.75, 3.05) is 10.8 Å². The maximum atomic E-state index is 13.0. The zero-order valence-electron chi connectivity index (χ0n) is 12.3. The van der Waals surface area contributed by atoms with Crippen molar-refractivity contribution in [3.05, 3.63) is 58.1 Å². The minimum absolute atomic E-state index is 0.0517. The van der Waals surface area contributed by atoms with Crippen LogP contribution in [0.3, 0.4) is 0 Å². The van der Waals surface area contributed by atoms with Gasteiger partial charge in [0.15, 0.2) is 0 Å². The lowest BCUT2D eigenvalue weighted by molar-refractivity contribution is -0.137. The number of hydrogen-bond acceptors (Lipinski definition) is 2. The molecule has 0 heterocycles. The van der Waals surface area contributed by atoms with E-state index in [-0.39, 0.29) is 17.1 Å². The van der Waals surface area contributed by atoms with Crippen LogP contribution in [0.5, 0.6) is 0 Å². The van der Waals surface area contributed by atoms with Crippen LogP contribution < -0.4 is 4.31 Å². The van der Waals surface area contributed by atoms with E-state index in [1.54, 1.807) is 0 Å². The standard InChI is InChI=1S/C15H12Cl2F3NO2S/c1-2-21(24(22,23)12-6-3-10(16)4-7-12)11-5-8-14(17)13(9-11)15(18,19)20/h3-9H,2H2,1H3. The molecule has 0 unspecified atom stereocenters. The van der Waals surface area contributed by atoms with Crippen molar-refractivity contribution in [3.8, 4) is 0 Å². The van der Waals surface area contributed by atoms with Crippen LogP contribution in [0.4, 0.5) is 18.9 Å². The number of anilines is 1. The summed E-state index contributed by atoms with van der Waals surface area (Å²) in [4.78, 5) is -0.0720. The topological polar surface area (TPSA) is 37.4 Å². The summed E-state index contributed by atoms with van der Waals surface area (Å²) in [5.74, 6) is 0. The van der Waals surface area contributed by atoms with E-state index < -0.39 is 26.8 Å². The molecule has 2 aromatic carbocycles. The third-order valence-corrected chi connectivity index (χ3v) is 5.73. The zero-order valence-corrected chi connectivity index (χ0v) is 14.6. The molecule has 0 N–H and O–H groups in total. The van der Waals surface area contributed by atoms with E-state index in [0.29, 0.717) is 5.02 Å². The second-order valence-electron chi connectivity index (χ2n) is 4.79. The minimum atomic E-state index is -4.68. The number of halogens is 5. The van der Waals surface area contributed by atoms with Crippen molar-refractivity contribution >= 4 is 38.9 Å². The van der Waals surface area contributed by atoms with E-state index in [1.165, 1.54) is 37.3 Å². The molecule has 2 rings (SSSR count). The highest BCUT2D eigenvalue weighted by Crippen LogP contribution is 2.37. The lowest BCUT2D eigenvalue weighted by Crippen LogP contribution is -2.31. The van der Waals surface area contributed by atoms with Crippen molar-refractivity contribution in [1.29, 1.82) is 0 Å². The van der Waals surface area contributed by atoms with Crippen LogP contribution in [0.15, 0.2) is 47.4 Å². The fourth-order valence-electron chi connectivity index (χ4n) is 2.11. The largest absolute Gasteiger partial charge is 0.417 e. The normalized spacial score (nSPS) is 12.2. The van der Waals surface area contributed by atoms with Gasteiger partial charge in [-0.15, -0.1) is 0 Å². The molecular formula is C15H12Cl2F3NO2S. The van der Waals surface area contributed by atoms with E-state index in [2.05, 4.69) is 0 Å². The number of alkyl halides is 3. The van der Waals surface area contributed by atoms with Crippen molar-refractivity contribution in [3.63, 3.8) is 0 Å². The van der Waals surface area contributed by atoms with Gasteiger partial charge >= 0.3 is 6.18 Å². The monoisotopic (exact) mass is 397 g/mol. The van der Waals surface area contributed by atoms with E-state index >= 15 is 0 Å². The van der Waals surface area contributed by atoms with Crippen LogP contribution in [0.25, 0.3) is 0 Å². The van der Waals surface area contributed by atoms with E-state index in [9.17, 15) is 21.6 Å². The second-order valence-corrected chi connectivity index (χ2v) is 7.49. The number of sulfonamides is 1. The average molecular weight is 398 g/mol. The first-order chi connectivity index (χ1) is 11.1. The van der Waals surface area contributed by atoms with Crippen LogP contribution in [0.1, 0.15) is 12.5 Å². The van der Waals surface area contributed by atoms with Gasteiger partial charge < -0.3 is 0 Å². The highest BCUT2D eigenvalue weighted by molar-refractivity contribution is 7.92. The summed E-state index contributed by atoms with van der Waals surface area (Å²) in [6, 6.07) is 8.35. The molecule has 2 aromatic rings. The Labute approximate surface area is 147 Å². The molecule has 3 nitrogen and oxygen atoms in total. The summed E-state index contributed by atoms with van der Waals surface area (Å²) in [7, 11) is -4.03. The number of hydrogen-bond donors (Lipinski definition) is 0. The molecule has 0 spiro atoms. The average Bonchev–Trinajstić information content (AvgIpc) is 2.48. The molecule has 24 heavy (non-hydrogen) atoms. The number of benzene rings is 2. The Hall–Kier alpha value is -1.44. The van der Waals surface area contributed by atoms with Gasteiger partial charge in [-0.05, 0) is 49.4 Å². The summed E-state index contributed by atoms with van der Waals surface area (Å²) >= 11 is 11.3. The van der Waals surface area contributed by atoms with Gasteiger partial charge in [0, 0.05) is 11.6 Å². The first kappa shape index (κ1) is 18.9. The van der Waals surface area contributed by atoms with Gasteiger partial charge in [0.1, 0.15) is 0 Å². The van der Waals surface area contributed by atoms with Crippen LogP contribution in [-0.2, 0) is 16.2 Å². The predicted molar refractivity (Wildman–Crippen MR) is 88.1 cm³/mol. The molecule has 0 saturated heterocycles. The van der Waals surface area contributed by atoms with E-state index in [4.69, 9.17) is 23.2 Å². The Balaban J connectivity index is 2.54. The molecule has 0 aliphatic carbocycles. The van der Waals surface area contributed by atoms with Crippen LogP contribution >= 0.6 is 23.2 Å². The molecule has 0 saturated carbocycles. The van der Waals surface area contributed by atoms with Gasteiger partial charge in [-0.2, -0.15) is 13.2 Å². The van der Waals surface area contributed by atoms with Gasteiger partial charge in [0.2, 0.25) is 0 Å².